The van der Waals surface area contributed by atoms with Crippen LogP contribution in [0, 0.1) is 13.8 Å². The third-order valence-corrected chi connectivity index (χ3v) is 4.09. The molecule has 2 aromatic heterocycles. The molecule has 0 bridgehead atoms. The lowest BCUT2D eigenvalue weighted by Gasteiger charge is -2.13. The second-order valence-electron chi connectivity index (χ2n) is 5.70. The Balaban J connectivity index is 0.00000225. The second kappa shape index (κ2) is 6.90. The summed E-state index contributed by atoms with van der Waals surface area (Å²) < 4.78 is 0. The molecule has 7 nitrogen and oxygen atoms in total. The number of hydrogen-bond acceptors (Lipinski definition) is 6. The highest BCUT2D eigenvalue weighted by Gasteiger charge is 2.15. The highest BCUT2D eigenvalue weighted by molar-refractivity contribution is 5.93. The fourth-order valence-corrected chi connectivity index (χ4v) is 2.82. The molecule has 0 saturated carbocycles. The lowest BCUT2D eigenvalue weighted by atomic mass is 9.96. The number of nitrogen functional groups attached to an aromatic ring is 2. The number of aromatic nitrogens is 3. The number of aryl methyl sites for hydroxylation is 2. The van der Waals surface area contributed by atoms with Gasteiger partial charge in [0, 0.05) is 11.3 Å². The van der Waals surface area contributed by atoms with Crippen LogP contribution < -0.4 is 17.2 Å². The van der Waals surface area contributed by atoms with E-state index in [1.165, 1.54) is 0 Å². The van der Waals surface area contributed by atoms with Crippen LogP contribution in [0.1, 0.15) is 32.7 Å². The van der Waals surface area contributed by atoms with Gasteiger partial charge in [0.2, 0.25) is 11.9 Å². The zero-order valence-corrected chi connectivity index (χ0v) is 14.7. The molecule has 0 aliphatic rings. The normalized spacial score (nSPS) is 10.5. The van der Waals surface area contributed by atoms with Crippen molar-refractivity contribution in [2.24, 2.45) is 5.73 Å². The van der Waals surface area contributed by atoms with Crippen LogP contribution in [0.5, 0.6) is 0 Å². The van der Waals surface area contributed by atoms with Crippen LogP contribution in [-0.2, 0) is 6.42 Å². The van der Waals surface area contributed by atoms with Gasteiger partial charge < -0.3 is 17.2 Å². The van der Waals surface area contributed by atoms with Crippen molar-refractivity contribution in [3.8, 4) is 0 Å². The van der Waals surface area contributed by atoms with Gasteiger partial charge in [-0.25, -0.2) is 4.98 Å². The fraction of sp³-hybridized carbons (Fsp3) is 0.176. The van der Waals surface area contributed by atoms with Gasteiger partial charge in [0.05, 0.1) is 5.39 Å². The molecule has 8 heteroatoms. The Hall–Kier alpha value is -2.93. The second-order valence-corrected chi connectivity index (χ2v) is 5.70. The molecule has 6 N–H and O–H groups in total. The summed E-state index contributed by atoms with van der Waals surface area (Å²) in [5.74, 6) is -0.00212. The van der Waals surface area contributed by atoms with E-state index in [-0.39, 0.29) is 18.4 Å². The molecular formula is C17H19ClN6O. The number of hydrogen-bond donors (Lipinski definition) is 3. The van der Waals surface area contributed by atoms with Gasteiger partial charge in [0.25, 0.3) is 0 Å². The summed E-state index contributed by atoms with van der Waals surface area (Å²) in [7, 11) is 0. The van der Waals surface area contributed by atoms with Crippen molar-refractivity contribution >= 4 is 41.1 Å². The molecule has 130 valence electrons. The number of nitrogens with zero attached hydrogens (tertiary/aromatic N) is 3. The maximum Gasteiger partial charge on any atom is 0.248 e. The Kier molecular flexibility index (Phi) is 5.08. The Labute approximate surface area is 151 Å². The number of fused-ring (bicyclic) bond motifs is 1. The quantitative estimate of drug-likeness (QED) is 0.654. The summed E-state index contributed by atoms with van der Waals surface area (Å²) in [6, 6.07) is 7.20. The van der Waals surface area contributed by atoms with E-state index in [4.69, 9.17) is 17.2 Å². The molecule has 1 aromatic carbocycles. The van der Waals surface area contributed by atoms with Crippen molar-refractivity contribution in [3.63, 3.8) is 0 Å². The molecule has 3 rings (SSSR count). The summed E-state index contributed by atoms with van der Waals surface area (Å²) in [6.07, 6.45) is 0.656. The van der Waals surface area contributed by atoms with Gasteiger partial charge in [-0.2, -0.15) is 9.97 Å². The molecule has 0 unspecified atom stereocenters. The topological polar surface area (TPSA) is 134 Å². The standard InChI is InChI=1S/C17H18N6O.ClH/c1-8-12(7-10-3-5-11(6-4-10)15(19)24)9(2)21-16-13(8)14(18)22-17(20)23-16;/h3-6H,7H2,1-2H3,(H2,19,24)(H4,18,20,21,22,23);1H. The number of halogens is 1. The van der Waals surface area contributed by atoms with Gasteiger partial charge >= 0.3 is 0 Å². The van der Waals surface area contributed by atoms with Gasteiger partial charge in [0.1, 0.15) is 5.82 Å². The molecule has 2 heterocycles. The number of primary amides is 1. The number of amides is 1. The molecule has 0 fully saturated rings. The first-order valence-corrected chi connectivity index (χ1v) is 7.44. The Morgan fingerprint density at radius 2 is 1.68 bits per heavy atom. The molecule has 0 spiro atoms. The number of pyridine rings is 1. The molecule has 1 amide bonds. The van der Waals surface area contributed by atoms with Gasteiger partial charge in [-0.15, -0.1) is 12.4 Å². The van der Waals surface area contributed by atoms with Crippen LogP contribution >= 0.6 is 12.4 Å². The SMILES string of the molecule is Cc1nc2nc(N)nc(N)c2c(C)c1Cc1ccc(C(N)=O)cc1.Cl. The zero-order valence-electron chi connectivity index (χ0n) is 13.9. The summed E-state index contributed by atoms with van der Waals surface area (Å²) in [6.45, 7) is 3.90. The minimum absolute atomic E-state index is 0. The Bertz CT molecular complexity index is 956. The van der Waals surface area contributed by atoms with Crippen molar-refractivity contribution in [2.75, 3.05) is 11.5 Å². The molecule has 0 atom stereocenters. The number of anilines is 2. The average Bonchev–Trinajstić information content (AvgIpc) is 2.50. The maximum atomic E-state index is 11.2. The summed E-state index contributed by atoms with van der Waals surface area (Å²) in [5, 5.41) is 0.721. The third-order valence-electron chi connectivity index (χ3n) is 4.09. The van der Waals surface area contributed by atoms with Crippen LogP contribution in [0.15, 0.2) is 24.3 Å². The van der Waals surface area contributed by atoms with Crippen molar-refractivity contribution < 1.29 is 4.79 Å². The molecule has 0 aliphatic carbocycles. The van der Waals surface area contributed by atoms with E-state index in [1.807, 2.05) is 26.0 Å². The van der Waals surface area contributed by atoms with Gasteiger partial charge in [-0.1, -0.05) is 12.1 Å². The number of rotatable bonds is 3. The van der Waals surface area contributed by atoms with Gasteiger partial charge in [0.15, 0.2) is 5.65 Å². The maximum absolute atomic E-state index is 11.2. The first-order valence-electron chi connectivity index (χ1n) is 7.44. The third kappa shape index (κ3) is 3.46. The number of benzene rings is 1. The van der Waals surface area contributed by atoms with Crippen LogP contribution in [0.3, 0.4) is 0 Å². The van der Waals surface area contributed by atoms with E-state index in [0.717, 1.165) is 27.8 Å². The average molecular weight is 359 g/mol. The van der Waals surface area contributed by atoms with Crippen LogP contribution in [0.25, 0.3) is 11.0 Å². The molecule has 0 aliphatic heterocycles. The summed E-state index contributed by atoms with van der Waals surface area (Å²) in [4.78, 5) is 23.9. The van der Waals surface area contributed by atoms with Crippen LogP contribution in [-0.4, -0.2) is 20.9 Å². The van der Waals surface area contributed by atoms with Crippen molar-refractivity contribution in [3.05, 3.63) is 52.2 Å². The van der Waals surface area contributed by atoms with E-state index in [2.05, 4.69) is 15.0 Å². The van der Waals surface area contributed by atoms with E-state index in [1.54, 1.807) is 12.1 Å². The predicted molar refractivity (Wildman–Crippen MR) is 101 cm³/mol. The monoisotopic (exact) mass is 358 g/mol. The van der Waals surface area contributed by atoms with Crippen LogP contribution in [0.4, 0.5) is 11.8 Å². The Morgan fingerprint density at radius 1 is 1.04 bits per heavy atom. The van der Waals surface area contributed by atoms with Crippen molar-refractivity contribution in [1.29, 1.82) is 0 Å². The minimum Gasteiger partial charge on any atom is -0.383 e. The van der Waals surface area contributed by atoms with Gasteiger partial charge in [-0.05, 0) is 49.1 Å². The molecule has 3 aromatic rings. The Morgan fingerprint density at radius 3 is 2.28 bits per heavy atom. The largest absolute Gasteiger partial charge is 0.383 e. The summed E-state index contributed by atoms with van der Waals surface area (Å²) in [5.41, 5.74) is 21.8. The van der Waals surface area contributed by atoms with E-state index >= 15 is 0 Å². The lowest BCUT2D eigenvalue weighted by Crippen LogP contribution is -2.10. The van der Waals surface area contributed by atoms with Crippen molar-refractivity contribution in [1.82, 2.24) is 15.0 Å². The molecule has 25 heavy (non-hydrogen) atoms. The highest BCUT2D eigenvalue weighted by Crippen LogP contribution is 2.27. The zero-order chi connectivity index (χ0) is 17.4. The minimum atomic E-state index is -0.441. The first kappa shape index (κ1) is 18.4. The number of carbonyl (C=O) groups excluding carboxylic acids is 1. The fourth-order valence-electron chi connectivity index (χ4n) is 2.82. The van der Waals surface area contributed by atoms with Crippen molar-refractivity contribution in [2.45, 2.75) is 20.3 Å². The highest BCUT2D eigenvalue weighted by atomic mass is 35.5. The van der Waals surface area contributed by atoms with E-state index in [9.17, 15) is 4.79 Å². The van der Waals surface area contributed by atoms with E-state index in [0.29, 0.717) is 23.4 Å². The smallest absolute Gasteiger partial charge is 0.248 e. The number of nitrogens with two attached hydrogens (primary N) is 3. The van der Waals surface area contributed by atoms with E-state index < -0.39 is 5.91 Å². The predicted octanol–water partition coefficient (Wildman–Crippen LogP) is 1.92. The molecule has 0 radical (unpaired) electrons. The van der Waals surface area contributed by atoms with Gasteiger partial charge in [-0.3, -0.25) is 4.79 Å². The molecular weight excluding hydrogens is 340 g/mol. The molecule has 0 saturated heterocycles. The summed E-state index contributed by atoms with van der Waals surface area (Å²) >= 11 is 0. The first-order chi connectivity index (χ1) is 11.4. The van der Waals surface area contributed by atoms with Crippen LogP contribution in [0.2, 0.25) is 0 Å². The lowest BCUT2D eigenvalue weighted by molar-refractivity contribution is 0.100. The number of carbonyl (C=O) groups is 1.